The Balaban J connectivity index is 1.76. The van der Waals surface area contributed by atoms with E-state index < -0.39 is 0 Å². The van der Waals surface area contributed by atoms with Crippen LogP contribution in [0.15, 0.2) is 35.8 Å². The first-order chi connectivity index (χ1) is 10.2. The van der Waals surface area contributed by atoms with Crippen LogP contribution in [0.3, 0.4) is 0 Å². The number of carbonyl (C=O) groups is 1. The maximum atomic E-state index is 11.9. The first-order valence-electron chi connectivity index (χ1n) is 5.94. The average Bonchev–Trinajstić information content (AvgIpc) is 3.11. The van der Waals surface area contributed by atoms with E-state index in [1.165, 1.54) is 16.0 Å². The number of nitrogens with zero attached hydrogens (tertiary/aromatic N) is 5. The highest BCUT2D eigenvalue weighted by atomic mass is 35.5. The molecule has 2 heterocycles. The zero-order chi connectivity index (χ0) is 14.7. The monoisotopic (exact) mass is 320 g/mol. The summed E-state index contributed by atoms with van der Waals surface area (Å²) in [6.45, 7) is 0.00450. The molecule has 0 saturated heterocycles. The number of nitrogens with one attached hydrogen (secondary N) is 1. The molecule has 0 aliphatic heterocycles. The van der Waals surface area contributed by atoms with Gasteiger partial charge in [0.15, 0.2) is 11.0 Å². The van der Waals surface area contributed by atoms with Gasteiger partial charge in [0.1, 0.15) is 6.54 Å². The maximum absolute atomic E-state index is 11.9. The van der Waals surface area contributed by atoms with Crippen molar-refractivity contribution in [2.75, 3.05) is 5.32 Å². The molecule has 3 rings (SSSR count). The minimum Gasteiger partial charge on any atom is -0.300 e. The lowest BCUT2D eigenvalue weighted by Crippen LogP contribution is -2.20. The SMILES string of the molecule is O=C(Cn1nnnc1-c1ccc(Cl)cc1)Nc1nccs1. The summed E-state index contributed by atoms with van der Waals surface area (Å²) in [7, 11) is 0. The third kappa shape index (κ3) is 3.23. The van der Waals surface area contributed by atoms with Gasteiger partial charge in [0, 0.05) is 22.2 Å². The van der Waals surface area contributed by atoms with Crippen LogP contribution in [0.2, 0.25) is 5.02 Å². The molecule has 1 amide bonds. The van der Waals surface area contributed by atoms with Gasteiger partial charge in [-0.2, -0.15) is 0 Å². The van der Waals surface area contributed by atoms with Gasteiger partial charge in [-0.15, -0.1) is 16.4 Å². The standard InChI is InChI=1S/C12H9ClN6OS/c13-9-3-1-8(2-4-9)11-16-17-18-19(11)7-10(20)15-12-14-5-6-21-12/h1-6H,7H2,(H,14,15,20). The first-order valence-corrected chi connectivity index (χ1v) is 7.19. The predicted octanol–water partition coefficient (Wildman–Crippen LogP) is 2.09. The van der Waals surface area contributed by atoms with Gasteiger partial charge in [-0.05, 0) is 34.7 Å². The van der Waals surface area contributed by atoms with Crippen molar-refractivity contribution < 1.29 is 4.79 Å². The molecule has 2 aromatic heterocycles. The summed E-state index contributed by atoms with van der Waals surface area (Å²) in [5.74, 6) is 0.258. The fourth-order valence-electron chi connectivity index (χ4n) is 1.70. The second-order valence-electron chi connectivity index (χ2n) is 4.05. The van der Waals surface area contributed by atoms with Gasteiger partial charge in [-0.1, -0.05) is 11.6 Å². The maximum Gasteiger partial charge on any atom is 0.248 e. The molecule has 0 fully saturated rings. The molecule has 106 valence electrons. The number of halogens is 1. The Morgan fingerprint density at radius 3 is 2.86 bits per heavy atom. The summed E-state index contributed by atoms with van der Waals surface area (Å²) >= 11 is 7.20. The molecule has 0 aliphatic carbocycles. The predicted molar refractivity (Wildman–Crippen MR) is 79.0 cm³/mol. The van der Waals surface area contributed by atoms with E-state index in [0.717, 1.165) is 5.56 Å². The second kappa shape index (κ2) is 5.98. The van der Waals surface area contributed by atoms with E-state index in [2.05, 4.69) is 25.8 Å². The molecule has 1 aromatic carbocycles. The zero-order valence-corrected chi connectivity index (χ0v) is 12.2. The van der Waals surface area contributed by atoms with Crippen molar-refractivity contribution in [3.63, 3.8) is 0 Å². The van der Waals surface area contributed by atoms with Crippen LogP contribution in [0.4, 0.5) is 5.13 Å². The van der Waals surface area contributed by atoms with E-state index >= 15 is 0 Å². The summed E-state index contributed by atoms with van der Waals surface area (Å²) in [5.41, 5.74) is 0.784. The lowest BCUT2D eigenvalue weighted by Gasteiger charge is -2.04. The van der Waals surface area contributed by atoms with Crippen LogP contribution in [0.25, 0.3) is 11.4 Å². The van der Waals surface area contributed by atoms with Crippen LogP contribution in [0.5, 0.6) is 0 Å². The van der Waals surface area contributed by atoms with Gasteiger partial charge in [-0.3, -0.25) is 4.79 Å². The topological polar surface area (TPSA) is 85.6 Å². The number of anilines is 1. The fraction of sp³-hybridized carbons (Fsp3) is 0.0833. The number of thiazole rings is 1. The largest absolute Gasteiger partial charge is 0.300 e. The number of benzene rings is 1. The van der Waals surface area contributed by atoms with Gasteiger partial charge in [0.25, 0.3) is 0 Å². The zero-order valence-electron chi connectivity index (χ0n) is 10.6. The Morgan fingerprint density at radius 2 is 2.14 bits per heavy atom. The second-order valence-corrected chi connectivity index (χ2v) is 5.38. The minimum absolute atomic E-state index is 0.00450. The average molecular weight is 321 g/mol. The molecule has 7 nitrogen and oxygen atoms in total. The number of rotatable bonds is 4. The molecule has 9 heteroatoms. The lowest BCUT2D eigenvalue weighted by atomic mass is 10.2. The number of carbonyl (C=O) groups excluding carboxylic acids is 1. The van der Waals surface area contributed by atoms with E-state index in [1.807, 2.05) is 0 Å². The summed E-state index contributed by atoms with van der Waals surface area (Å²) in [4.78, 5) is 15.9. The van der Waals surface area contributed by atoms with Gasteiger partial charge in [0.2, 0.25) is 5.91 Å². The van der Waals surface area contributed by atoms with Crippen molar-refractivity contribution in [1.29, 1.82) is 0 Å². The number of tetrazole rings is 1. The van der Waals surface area contributed by atoms with E-state index in [0.29, 0.717) is 16.0 Å². The van der Waals surface area contributed by atoms with Crippen LogP contribution in [0.1, 0.15) is 0 Å². The highest BCUT2D eigenvalue weighted by Crippen LogP contribution is 2.18. The third-order valence-corrected chi connectivity index (χ3v) is 3.55. The van der Waals surface area contributed by atoms with Crippen molar-refractivity contribution in [1.82, 2.24) is 25.2 Å². The fourth-order valence-corrected chi connectivity index (χ4v) is 2.37. The Labute approximate surface area is 128 Å². The van der Waals surface area contributed by atoms with Gasteiger partial charge in [0.05, 0.1) is 0 Å². The van der Waals surface area contributed by atoms with Crippen molar-refractivity contribution in [2.24, 2.45) is 0 Å². The smallest absolute Gasteiger partial charge is 0.248 e. The van der Waals surface area contributed by atoms with Gasteiger partial charge >= 0.3 is 0 Å². The first kappa shape index (κ1) is 13.7. The molecular formula is C12H9ClN6OS. The molecule has 0 saturated carbocycles. The van der Waals surface area contributed by atoms with Gasteiger partial charge < -0.3 is 5.32 Å². The lowest BCUT2D eigenvalue weighted by molar-refractivity contribution is -0.116. The van der Waals surface area contributed by atoms with Crippen molar-refractivity contribution in [3.05, 3.63) is 40.9 Å². The summed E-state index contributed by atoms with van der Waals surface area (Å²) in [5, 5.41) is 17.0. The van der Waals surface area contributed by atoms with Crippen LogP contribution in [0, 0.1) is 0 Å². The minimum atomic E-state index is -0.243. The van der Waals surface area contributed by atoms with E-state index in [1.54, 1.807) is 35.8 Å². The van der Waals surface area contributed by atoms with E-state index in [-0.39, 0.29) is 12.5 Å². The molecule has 0 spiro atoms. The van der Waals surface area contributed by atoms with Crippen LogP contribution >= 0.6 is 22.9 Å². The summed E-state index contributed by atoms with van der Waals surface area (Å²) in [6.07, 6.45) is 1.62. The summed E-state index contributed by atoms with van der Waals surface area (Å²) in [6, 6.07) is 7.07. The molecule has 0 radical (unpaired) electrons. The molecule has 0 atom stereocenters. The Bertz CT molecular complexity index is 739. The van der Waals surface area contributed by atoms with Crippen LogP contribution in [-0.4, -0.2) is 31.1 Å². The van der Waals surface area contributed by atoms with Crippen molar-refractivity contribution in [3.8, 4) is 11.4 Å². The highest BCUT2D eigenvalue weighted by Gasteiger charge is 2.13. The number of hydrogen-bond acceptors (Lipinski definition) is 6. The van der Waals surface area contributed by atoms with Crippen molar-refractivity contribution in [2.45, 2.75) is 6.54 Å². The number of amides is 1. The number of aromatic nitrogens is 5. The molecule has 0 unspecified atom stereocenters. The highest BCUT2D eigenvalue weighted by molar-refractivity contribution is 7.13. The molecular weight excluding hydrogens is 312 g/mol. The van der Waals surface area contributed by atoms with Crippen LogP contribution in [-0.2, 0) is 11.3 Å². The molecule has 0 aliphatic rings. The molecule has 3 aromatic rings. The summed E-state index contributed by atoms with van der Waals surface area (Å²) < 4.78 is 1.42. The Morgan fingerprint density at radius 1 is 1.33 bits per heavy atom. The normalized spacial score (nSPS) is 10.5. The van der Waals surface area contributed by atoms with E-state index in [4.69, 9.17) is 11.6 Å². The molecule has 21 heavy (non-hydrogen) atoms. The molecule has 1 N–H and O–H groups in total. The van der Waals surface area contributed by atoms with Crippen molar-refractivity contribution >= 4 is 34.0 Å². The third-order valence-electron chi connectivity index (χ3n) is 2.61. The number of hydrogen-bond donors (Lipinski definition) is 1. The molecule has 0 bridgehead atoms. The Hall–Kier alpha value is -2.32. The van der Waals surface area contributed by atoms with Crippen LogP contribution < -0.4 is 5.32 Å². The Kier molecular flexibility index (Phi) is 3.89. The van der Waals surface area contributed by atoms with E-state index in [9.17, 15) is 4.79 Å². The van der Waals surface area contributed by atoms with Gasteiger partial charge in [-0.25, -0.2) is 9.67 Å². The quantitative estimate of drug-likeness (QED) is 0.795.